The lowest BCUT2D eigenvalue weighted by atomic mass is 10.1. The van der Waals surface area contributed by atoms with Crippen molar-refractivity contribution in [1.82, 2.24) is 10.4 Å². The first-order chi connectivity index (χ1) is 15.3. The van der Waals surface area contributed by atoms with Gasteiger partial charge in [-0.2, -0.15) is 0 Å². The van der Waals surface area contributed by atoms with Gasteiger partial charge in [0.2, 0.25) is 0 Å². The monoisotopic (exact) mass is 452 g/mol. The molecule has 32 heavy (non-hydrogen) atoms. The van der Waals surface area contributed by atoms with Crippen LogP contribution in [-0.2, 0) is 14.4 Å². The van der Waals surface area contributed by atoms with Crippen molar-refractivity contribution >= 4 is 29.3 Å². The van der Waals surface area contributed by atoms with Crippen molar-refractivity contribution in [3.63, 3.8) is 0 Å². The van der Waals surface area contributed by atoms with Gasteiger partial charge >= 0.3 is 12.1 Å². The number of anilines is 2. The number of hydrogen-bond donors (Lipinski definition) is 1. The van der Waals surface area contributed by atoms with E-state index >= 15 is 0 Å². The van der Waals surface area contributed by atoms with Gasteiger partial charge in [-0.15, -0.1) is 0 Å². The van der Waals surface area contributed by atoms with Crippen LogP contribution in [0.5, 0.6) is 0 Å². The number of cyclic esters (lactones) is 1. The molecule has 0 aromatic heterocycles. The van der Waals surface area contributed by atoms with E-state index in [0.29, 0.717) is 6.42 Å². The number of benzene rings is 1. The Hall–Kier alpha value is -2.95. The summed E-state index contributed by atoms with van der Waals surface area (Å²) in [6, 6.07) is 2.01. The van der Waals surface area contributed by atoms with Crippen LogP contribution in [0, 0.1) is 11.6 Å². The summed E-state index contributed by atoms with van der Waals surface area (Å²) in [5.41, 5.74) is -0.182. The van der Waals surface area contributed by atoms with Crippen molar-refractivity contribution in [3.05, 3.63) is 23.8 Å². The van der Waals surface area contributed by atoms with Crippen LogP contribution in [-0.4, -0.2) is 67.9 Å². The Morgan fingerprint density at radius 1 is 1.16 bits per heavy atom. The normalized spacial score (nSPS) is 21.4. The summed E-state index contributed by atoms with van der Waals surface area (Å²) in [4.78, 5) is 43.6. The number of ketones is 1. The number of urea groups is 1. The van der Waals surface area contributed by atoms with E-state index in [-0.39, 0.29) is 68.4 Å². The van der Waals surface area contributed by atoms with E-state index in [1.165, 1.54) is 16.9 Å². The second-order valence-corrected chi connectivity index (χ2v) is 8.26. The van der Waals surface area contributed by atoms with E-state index in [4.69, 9.17) is 9.57 Å². The molecule has 0 spiro atoms. The number of carbonyl (C=O) groups excluding carboxylic acids is 3. The van der Waals surface area contributed by atoms with Crippen LogP contribution in [0.25, 0.3) is 0 Å². The van der Waals surface area contributed by atoms with Crippen LogP contribution >= 0.6 is 0 Å². The zero-order chi connectivity index (χ0) is 22.8. The summed E-state index contributed by atoms with van der Waals surface area (Å²) >= 11 is 0. The molecule has 1 atom stereocenters. The fourth-order valence-corrected chi connectivity index (χ4v) is 3.76. The highest BCUT2D eigenvalue weighted by atomic mass is 19.1. The summed E-state index contributed by atoms with van der Waals surface area (Å²) in [5.74, 6) is -1.67. The molecule has 2 heterocycles. The van der Waals surface area contributed by atoms with Crippen molar-refractivity contribution in [3.8, 4) is 0 Å². The Kier molecular flexibility index (Phi) is 6.45. The third-order valence-electron chi connectivity index (χ3n) is 5.63. The number of nitrogens with zero attached hydrogens (tertiary/aromatic N) is 3. The molecule has 3 aliphatic rings. The minimum absolute atomic E-state index is 0.0223. The molecule has 1 N–H and O–H groups in total. The Labute approximate surface area is 184 Å². The predicted molar refractivity (Wildman–Crippen MR) is 110 cm³/mol. The summed E-state index contributed by atoms with van der Waals surface area (Å²) in [6.45, 7) is 2.19. The summed E-state index contributed by atoms with van der Waals surface area (Å²) in [7, 11) is 0. The minimum Gasteiger partial charge on any atom is -0.444 e. The maximum absolute atomic E-state index is 15.0. The van der Waals surface area contributed by atoms with Gasteiger partial charge in [-0.1, -0.05) is 0 Å². The summed E-state index contributed by atoms with van der Waals surface area (Å²) < 4.78 is 35.1. The van der Waals surface area contributed by atoms with Crippen LogP contribution in [0.4, 0.5) is 29.7 Å². The van der Waals surface area contributed by atoms with Gasteiger partial charge in [-0.05, 0) is 26.2 Å². The summed E-state index contributed by atoms with van der Waals surface area (Å²) in [5, 5.41) is 4.00. The second kappa shape index (κ2) is 9.27. The molecule has 0 unspecified atom stereocenters. The Morgan fingerprint density at radius 2 is 1.88 bits per heavy atom. The number of amides is 3. The number of halogens is 2. The highest BCUT2D eigenvalue weighted by Gasteiger charge is 2.34. The maximum atomic E-state index is 15.0. The van der Waals surface area contributed by atoms with E-state index in [1.54, 1.807) is 0 Å². The van der Waals surface area contributed by atoms with Gasteiger partial charge < -0.3 is 19.7 Å². The number of rotatable bonds is 6. The van der Waals surface area contributed by atoms with Crippen LogP contribution in [0.2, 0.25) is 0 Å². The Morgan fingerprint density at radius 3 is 2.53 bits per heavy atom. The van der Waals surface area contributed by atoms with Gasteiger partial charge in [0.25, 0.3) is 0 Å². The predicted octanol–water partition coefficient (Wildman–Crippen LogP) is 2.58. The lowest BCUT2D eigenvalue weighted by molar-refractivity contribution is -0.117. The molecule has 174 valence electrons. The smallest absolute Gasteiger partial charge is 0.414 e. The molecular formula is C21H26F2N4O5. The van der Waals surface area contributed by atoms with Crippen LogP contribution in [0.3, 0.4) is 0 Å². The van der Waals surface area contributed by atoms with Crippen molar-refractivity contribution in [1.29, 1.82) is 0 Å². The molecule has 1 saturated carbocycles. The maximum Gasteiger partial charge on any atom is 0.414 e. The van der Waals surface area contributed by atoms with Crippen molar-refractivity contribution in [2.24, 2.45) is 0 Å². The number of Topliss-reactive ketones (excluding diaryl/α,β-unsaturated/α-hetero) is 1. The van der Waals surface area contributed by atoms with Gasteiger partial charge in [0.05, 0.1) is 25.4 Å². The van der Waals surface area contributed by atoms with Crippen molar-refractivity contribution < 1.29 is 32.7 Å². The molecule has 11 heteroatoms. The summed E-state index contributed by atoms with van der Waals surface area (Å²) in [6.07, 6.45) is 1.30. The second-order valence-electron chi connectivity index (χ2n) is 8.26. The Balaban J connectivity index is 1.43. The molecule has 0 radical (unpaired) electrons. The minimum atomic E-state index is -0.823. The van der Waals surface area contributed by atoms with Crippen molar-refractivity contribution in [2.45, 2.75) is 44.8 Å². The van der Waals surface area contributed by atoms with Crippen LogP contribution < -0.4 is 15.1 Å². The molecule has 0 bridgehead atoms. The fourth-order valence-electron chi connectivity index (χ4n) is 3.76. The number of hydrogen-bond acceptors (Lipinski definition) is 6. The molecule has 3 fully saturated rings. The topological polar surface area (TPSA) is 91.4 Å². The first-order valence-corrected chi connectivity index (χ1v) is 10.7. The first kappa shape index (κ1) is 22.3. The number of hydroxylamine groups is 2. The Bertz CT molecular complexity index is 887. The first-order valence-electron chi connectivity index (χ1n) is 10.7. The molecule has 1 aromatic rings. The average molecular weight is 452 g/mol. The van der Waals surface area contributed by atoms with Gasteiger partial charge in [-0.25, -0.2) is 23.4 Å². The van der Waals surface area contributed by atoms with Gasteiger partial charge in [0, 0.05) is 37.7 Å². The molecule has 2 saturated heterocycles. The molecule has 3 amide bonds. The molecule has 2 aliphatic heterocycles. The molecule has 4 rings (SSSR count). The van der Waals surface area contributed by atoms with E-state index in [0.717, 1.165) is 29.9 Å². The lowest BCUT2D eigenvalue weighted by Gasteiger charge is -2.24. The van der Waals surface area contributed by atoms with Gasteiger partial charge in [-0.3, -0.25) is 9.74 Å². The quantitative estimate of drug-likeness (QED) is 0.714. The van der Waals surface area contributed by atoms with E-state index in [2.05, 4.69) is 5.32 Å². The lowest BCUT2D eigenvalue weighted by Crippen LogP contribution is -2.42. The number of ether oxygens (including phenoxy) is 1. The third-order valence-corrected chi connectivity index (χ3v) is 5.63. The zero-order valence-corrected chi connectivity index (χ0v) is 17.8. The van der Waals surface area contributed by atoms with Crippen LogP contribution in [0.15, 0.2) is 12.1 Å². The van der Waals surface area contributed by atoms with Gasteiger partial charge in [0.1, 0.15) is 17.6 Å². The van der Waals surface area contributed by atoms with Crippen molar-refractivity contribution in [2.75, 3.05) is 42.6 Å². The molecule has 9 nitrogen and oxygen atoms in total. The number of carbonyl (C=O) groups is 3. The van der Waals surface area contributed by atoms with E-state index < -0.39 is 23.8 Å². The zero-order valence-electron chi connectivity index (χ0n) is 17.8. The third kappa shape index (κ3) is 5.09. The molecule has 1 aromatic carbocycles. The fraction of sp³-hybridized carbons (Fsp3) is 0.571. The SMILES string of the molecule is CC(=O)CC[C@H]1CN(c2cc(F)c(N3CCON(C(=O)NC4CC4)CC3)c(F)c2)C(=O)O1. The van der Waals surface area contributed by atoms with Crippen LogP contribution in [0.1, 0.15) is 32.6 Å². The molecule has 1 aliphatic carbocycles. The average Bonchev–Trinajstić information content (AvgIpc) is 3.50. The highest BCUT2D eigenvalue weighted by molar-refractivity contribution is 5.90. The standard InChI is InChI=1S/C21H26F2N4O5/c1-13(28)2-5-16-12-26(21(30)32-16)15-10-17(22)19(18(23)11-15)25-6-7-27(31-9-8-25)20(29)24-14-3-4-14/h10-11,14,16H,2-9,12H2,1H3,(H,24,29)/t16-/m0/s1. The largest absolute Gasteiger partial charge is 0.444 e. The number of nitrogens with one attached hydrogen (secondary N) is 1. The van der Waals surface area contributed by atoms with E-state index in [9.17, 15) is 23.2 Å². The molecular weight excluding hydrogens is 426 g/mol. The van der Waals surface area contributed by atoms with E-state index in [1.807, 2.05) is 0 Å². The highest BCUT2D eigenvalue weighted by Crippen LogP contribution is 2.32. The van der Waals surface area contributed by atoms with Gasteiger partial charge in [0.15, 0.2) is 11.6 Å².